The van der Waals surface area contributed by atoms with Gasteiger partial charge in [0.15, 0.2) is 11.5 Å². The zero-order valence-electron chi connectivity index (χ0n) is 14.0. The molecule has 0 N–H and O–H groups in total. The maximum absolute atomic E-state index is 12.4. The second-order valence-corrected chi connectivity index (χ2v) is 5.99. The Balaban J connectivity index is 2.13. The maximum atomic E-state index is 12.4. The van der Waals surface area contributed by atoms with E-state index in [2.05, 4.69) is 0 Å². The summed E-state index contributed by atoms with van der Waals surface area (Å²) in [5.74, 6) is 0.542. The lowest BCUT2D eigenvalue weighted by Gasteiger charge is -2.27. The van der Waals surface area contributed by atoms with E-state index in [9.17, 15) is 9.59 Å². The number of fused-ring (bicyclic) bond motifs is 1. The highest BCUT2D eigenvalue weighted by molar-refractivity contribution is 5.79. The average molecular weight is 321 g/mol. The van der Waals surface area contributed by atoms with Crippen LogP contribution in [0, 0.1) is 11.8 Å². The molecule has 0 bridgehead atoms. The van der Waals surface area contributed by atoms with Crippen LogP contribution in [0.3, 0.4) is 0 Å². The van der Waals surface area contributed by atoms with Crippen molar-refractivity contribution < 1.29 is 23.8 Å². The number of amides is 1. The summed E-state index contributed by atoms with van der Waals surface area (Å²) in [6.45, 7) is 6.39. The summed E-state index contributed by atoms with van der Waals surface area (Å²) in [4.78, 5) is 25.8. The molecular weight excluding hydrogens is 298 g/mol. The third kappa shape index (κ3) is 4.15. The fraction of sp³-hybridized carbons (Fsp3) is 0.529. The molecule has 1 unspecified atom stereocenters. The smallest absolute Gasteiger partial charge is 0.310 e. The first-order chi connectivity index (χ1) is 10.9. The number of carbonyl (C=O) groups is 2. The van der Waals surface area contributed by atoms with Crippen molar-refractivity contribution in [1.82, 2.24) is 4.90 Å². The number of benzene rings is 1. The van der Waals surface area contributed by atoms with Gasteiger partial charge in [0.25, 0.3) is 0 Å². The molecule has 0 aromatic heterocycles. The Morgan fingerprint density at radius 1 is 1.22 bits per heavy atom. The predicted molar refractivity (Wildman–Crippen MR) is 84.0 cm³/mol. The van der Waals surface area contributed by atoms with E-state index >= 15 is 0 Å². The standard InChI is InChI=1S/C17H23NO5/c1-11(2)16(19)18(8-12(3)17(20)21-4)9-13-5-6-14-15(7-13)23-10-22-14/h5-7,11-12H,8-10H2,1-4H3. The molecule has 1 aliphatic rings. The summed E-state index contributed by atoms with van der Waals surface area (Å²) in [5, 5.41) is 0. The zero-order chi connectivity index (χ0) is 17.0. The van der Waals surface area contributed by atoms with E-state index in [0.717, 1.165) is 5.56 Å². The van der Waals surface area contributed by atoms with Crippen molar-refractivity contribution in [1.29, 1.82) is 0 Å². The number of carbonyl (C=O) groups excluding carboxylic acids is 2. The highest BCUT2D eigenvalue weighted by Gasteiger charge is 2.24. The van der Waals surface area contributed by atoms with Gasteiger partial charge in [-0.3, -0.25) is 9.59 Å². The molecule has 0 spiro atoms. The summed E-state index contributed by atoms with van der Waals surface area (Å²) in [5.41, 5.74) is 0.931. The molecule has 0 saturated heterocycles. The van der Waals surface area contributed by atoms with E-state index in [1.54, 1.807) is 11.8 Å². The average Bonchev–Trinajstić information content (AvgIpc) is 3.00. The Hall–Kier alpha value is -2.24. The van der Waals surface area contributed by atoms with Crippen LogP contribution in [0.5, 0.6) is 11.5 Å². The molecule has 1 aliphatic heterocycles. The van der Waals surface area contributed by atoms with E-state index in [1.807, 2.05) is 32.0 Å². The molecule has 0 radical (unpaired) electrons. The molecule has 0 aliphatic carbocycles. The monoisotopic (exact) mass is 321 g/mol. The fourth-order valence-corrected chi connectivity index (χ4v) is 2.46. The van der Waals surface area contributed by atoms with Gasteiger partial charge in [0.2, 0.25) is 12.7 Å². The maximum Gasteiger partial charge on any atom is 0.310 e. The first-order valence-electron chi connectivity index (χ1n) is 7.67. The van der Waals surface area contributed by atoms with Gasteiger partial charge in [-0.15, -0.1) is 0 Å². The van der Waals surface area contributed by atoms with E-state index in [1.165, 1.54) is 7.11 Å². The molecular formula is C17H23NO5. The van der Waals surface area contributed by atoms with Gasteiger partial charge in [0.1, 0.15) is 0 Å². The van der Waals surface area contributed by atoms with Gasteiger partial charge in [-0.25, -0.2) is 0 Å². The molecule has 1 amide bonds. The van der Waals surface area contributed by atoms with Gasteiger partial charge in [-0.2, -0.15) is 0 Å². The second kappa shape index (κ2) is 7.35. The van der Waals surface area contributed by atoms with Gasteiger partial charge in [-0.05, 0) is 17.7 Å². The Bertz CT molecular complexity index is 584. The summed E-state index contributed by atoms with van der Waals surface area (Å²) in [6.07, 6.45) is 0. The Labute approximate surface area is 136 Å². The SMILES string of the molecule is COC(=O)C(C)CN(Cc1ccc2c(c1)OCO2)C(=O)C(C)C. The summed E-state index contributed by atoms with van der Waals surface area (Å²) in [6, 6.07) is 5.60. The highest BCUT2D eigenvalue weighted by Crippen LogP contribution is 2.33. The minimum atomic E-state index is -0.378. The van der Waals surface area contributed by atoms with Crippen LogP contribution < -0.4 is 9.47 Å². The first kappa shape index (κ1) is 17.1. The number of hydrogen-bond acceptors (Lipinski definition) is 5. The lowest BCUT2D eigenvalue weighted by Crippen LogP contribution is -2.39. The summed E-state index contributed by atoms with van der Waals surface area (Å²) >= 11 is 0. The van der Waals surface area contributed by atoms with Crippen molar-refractivity contribution in [3.8, 4) is 11.5 Å². The number of hydrogen-bond donors (Lipinski definition) is 0. The van der Waals surface area contributed by atoms with Gasteiger partial charge in [0, 0.05) is 19.0 Å². The third-order valence-corrected chi connectivity index (χ3v) is 3.71. The number of rotatable bonds is 6. The molecule has 1 atom stereocenters. The molecule has 1 aromatic carbocycles. The number of methoxy groups -OCH3 is 1. The van der Waals surface area contributed by atoms with Crippen LogP contribution in [0.2, 0.25) is 0 Å². The van der Waals surface area contributed by atoms with Crippen LogP contribution in [-0.2, 0) is 20.9 Å². The van der Waals surface area contributed by atoms with E-state index in [0.29, 0.717) is 24.6 Å². The molecule has 6 nitrogen and oxygen atoms in total. The minimum Gasteiger partial charge on any atom is -0.469 e. The molecule has 2 rings (SSSR count). The van der Waals surface area contributed by atoms with Crippen LogP contribution >= 0.6 is 0 Å². The van der Waals surface area contributed by atoms with Crippen LogP contribution in [0.4, 0.5) is 0 Å². The quantitative estimate of drug-likeness (QED) is 0.752. The van der Waals surface area contributed by atoms with Crippen LogP contribution in [-0.4, -0.2) is 37.2 Å². The highest BCUT2D eigenvalue weighted by atomic mass is 16.7. The minimum absolute atomic E-state index is 0.00146. The summed E-state index contributed by atoms with van der Waals surface area (Å²) < 4.78 is 15.4. The van der Waals surface area contributed by atoms with Crippen molar-refractivity contribution in [2.75, 3.05) is 20.4 Å². The Morgan fingerprint density at radius 2 is 1.91 bits per heavy atom. The molecule has 23 heavy (non-hydrogen) atoms. The van der Waals surface area contributed by atoms with Gasteiger partial charge < -0.3 is 19.1 Å². The summed E-state index contributed by atoms with van der Waals surface area (Å²) in [7, 11) is 1.35. The van der Waals surface area contributed by atoms with Gasteiger partial charge >= 0.3 is 5.97 Å². The zero-order valence-corrected chi connectivity index (χ0v) is 14.0. The van der Waals surface area contributed by atoms with E-state index in [-0.39, 0.29) is 30.5 Å². The van der Waals surface area contributed by atoms with Gasteiger partial charge in [-0.1, -0.05) is 26.8 Å². The normalized spacial score (nSPS) is 13.8. The van der Waals surface area contributed by atoms with E-state index < -0.39 is 0 Å². The lowest BCUT2D eigenvalue weighted by atomic mass is 10.1. The second-order valence-electron chi connectivity index (χ2n) is 5.99. The van der Waals surface area contributed by atoms with Crippen LogP contribution in [0.1, 0.15) is 26.3 Å². The van der Waals surface area contributed by atoms with Crippen molar-refractivity contribution in [2.24, 2.45) is 11.8 Å². The van der Waals surface area contributed by atoms with Crippen molar-refractivity contribution in [3.63, 3.8) is 0 Å². The number of ether oxygens (including phenoxy) is 3. The van der Waals surface area contributed by atoms with Crippen LogP contribution in [0.25, 0.3) is 0 Å². The van der Waals surface area contributed by atoms with Gasteiger partial charge in [0.05, 0.1) is 13.0 Å². The van der Waals surface area contributed by atoms with Crippen molar-refractivity contribution >= 4 is 11.9 Å². The predicted octanol–water partition coefficient (Wildman–Crippen LogP) is 2.21. The molecule has 6 heteroatoms. The Kier molecular flexibility index (Phi) is 5.47. The number of esters is 1. The molecule has 126 valence electrons. The topological polar surface area (TPSA) is 65.1 Å². The largest absolute Gasteiger partial charge is 0.469 e. The van der Waals surface area contributed by atoms with E-state index in [4.69, 9.17) is 14.2 Å². The van der Waals surface area contributed by atoms with Crippen molar-refractivity contribution in [2.45, 2.75) is 27.3 Å². The Morgan fingerprint density at radius 3 is 2.57 bits per heavy atom. The third-order valence-electron chi connectivity index (χ3n) is 3.71. The van der Waals surface area contributed by atoms with Crippen molar-refractivity contribution in [3.05, 3.63) is 23.8 Å². The molecule has 0 fully saturated rings. The lowest BCUT2D eigenvalue weighted by molar-refractivity contribution is -0.147. The molecule has 0 saturated carbocycles. The first-order valence-corrected chi connectivity index (χ1v) is 7.67. The van der Waals surface area contributed by atoms with Crippen LogP contribution in [0.15, 0.2) is 18.2 Å². The number of nitrogens with zero attached hydrogens (tertiary/aromatic N) is 1. The molecule has 1 aromatic rings. The molecule has 1 heterocycles. The fourth-order valence-electron chi connectivity index (χ4n) is 2.46.